The number of nitrogens with zero attached hydrogens (tertiary/aromatic N) is 1. The molecule has 0 saturated carbocycles. The van der Waals surface area contributed by atoms with Gasteiger partial charge in [0.1, 0.15) is 5.75 Å². The number of aromatic hydroxyl groups is 1. The van der Waals surface area contributed by atoms with Gasteiger partial charge < -0.3 is 14.6 Å². The minimum absolute atomic E-state index is 0.186. The van der Waals surface area contributed by atoms with Crippen LogP contribution in [-0.2, 0) is 12.8 Å². The van der Waals surface area contributed by atoms with E-state index in [0.717, 1.165) is 30.7 Å². The van der Waals surface area contributed by atoms with Crippen molar-refractivity contribution in [2.24, 2.45) is 0 Å². The molecule has 0 bridgehead atoms. The van der Waals surface area contributed by atoms with Crippen LogP contribution in [0.5, 0.6) is 17.2 Å². The van der Waals surface area contributed by atoms with Gasteiger partial charge in [0, 0.05) is 12.6 Å². The molecule has 0 amide bonds. The van der Waals surface area contributed by atoms with Gasteiger partial charge in [-0.3, -0.25) is 4.90 Å². The minimum Gasteiger partial charge on any atom is -0.504 e. The fourth-order valence-corrected chi connectivity index (χ4v) is 3.96. The van der Waals surface area contributed by atoms with Crippen molar-refractivity contribution in [3.63, 3.8) is 0 Å². The number of ether oxygens (including phenoxy) is 2. The number of fused-ring (bicyclic) bond motifs is 2. The van der Waals surface area contributed by atoms with Crippen LogP contribution in [0.1, 0.15) is 22.7 Å². The molecule has 1 atom stereocenters. The lowest BCUT2D eigenvalue weighted by atomic mass is 9.77. The SMILES string of the molecule is COc1cc2c3c(c1)-c1cc(O)c(OC)cc1CC3N(C)CC2. The number of hydrogen-bond donors (Lipinski definition) is 1. The Hall–Kier alpha value is -2.20. The van der Waals surface area contributed by atoms with Gasteiger partial charge in [0.25, 0.3) is 0 Å². The normalized spacial score (nSPS) is 19.0. The highest BCUT2D eigenvalue weighted by Crippen LogP contribution is 2.48. The maximum Gasteiger partial charge on any atom is 0.160 e. The van der Waals surface area contributed by atoms with E-state index in [1.165, 1.54) is 22.3 Å². The average Bonchev–Trinajstić information content (AvgIpc) is 2.57. The zero-order chi connectivity index (χ0) is 16.1. The first kappa shape index (κ1) is 14.4. The first-order valence-corrected chi connectivity index (χ1v) is 7.93. The van der Waals surface area contributed by atoms with E-state index < -0.39 is 0 Å². The van der Waals surface area contributed by atoms with Gasteiger partial charge in [0.05, 0.1) is 14.2 Å². The van der Waals surface area contributed by atoms with Crippen LogP contribution in [0.4, 0.5) is 0 Å². The molecule has 4 nitrogen and oxygen atoms in total. The lowest BCUT2D eigenvalue weighted by Crippen LogP contribution is -2.35. The molecule has 2 aliphatic rings. The van der Waals surface area contributed by atoms with Crippen LogP contribution in [0, 0.1) is 0 Å². The summed E-state index contributed by atoms with van der Waals surface area (Å²) in [5, 5.41) is 10.2. The molecule has 0 aromatic heterocycles. The molecule has 1 aliphatic heterocycles. The minimum atomic E-state index is 0.186. The van der Waals surface area contributed by atoms with Gasteiger partial charge in [-0.1, -0.05) is 0 Å². The quantitative estimate of drug-likeness (QED) is 0.925. The van der Waals surface area contributed by atoms with E-state index in [9.17, 15) is 5.11 Å². The third-order valence-corrected chi connectivity index (χ3v) is 5.18. The molecule has 0 fully saturated rings. The average molecular weight is 311 g/mol. The summed E-state index contributed by atoms with van der Waals surface area (Å²) in [7, 11) is 5.48. The van der Waals surface area contributed by atoms with Crippen LogP contribution < -0.4 is 9.47 Å². The van der Waals surface area contributed by atoms with Crippen LogP contribution in [0.3, 0.4) is 0 Å². The van der Waals surface area contributed by atoms with Crippen LogP contribution in [0.15, 0.2) is 24.3 Å². The van der Waals surface area contributed by atoms with Crippen molar-refractivity contribution in [3.05, 3.63) is 41.0 Å². The number of hydrogen-bond acceptors (Lipinski definition) is 4. The summed E-state index contributed by atoms with van der Waals surface area (Å²) in [4.78, 5) is 2.42. The van der Waals surface area contributed by atoms with Crippen molar-refractivity contribution >= 4 is 0 Å². The smallest absolute Gasteiger partial charge is 0.160 e. The fraction of sp³-hybridized carbons (Fsp3) is 0.368. The molecule has 0 spiro atoms. The molecular formula is C19H21NO3. The van der Waals surface area contributed by atoms with E-state index in [1.807, 2.05) is 12.1 Å². The van der Waals surface area contributed by atoms with Crippen molar-refractivity contribution in [3.8, 4) is 28.4 Å². The molecule has 2 aromatic carbocycles. The molecule has 23 heavy (non-hydrogen) atoms. The maximum absolute atomic E-state index is 10.2. The van der Waals surface area contributed by atoms with Gasteiger partial charge in [-0.05, 0) is 72.0 Å². The third kappa shape index (κ3) is 2.09. The molecule has 1 aliphatic carbocycles. The second kappa shape index (κ2) is 5.17. The largest absolute Gasteiger partial charge is 0.504 e. The highest BCUT2D eigenvalue weighted by atomic mass is 16.5. The fourth-order valence-electron chi connectivity index (χ4n) is 3.96. The summed E-state index contributed by atoms with van der Waals surface area (Å²) < 4.78 is 10.8. The summed E-state index contributed by atoms with van der Waals surface area (Å²) in [5.41, 5.74) is 6.23. The number of phenolic OH excluding ortho intramolecular Hbond substituents is 1. The second-order valence-electron chi connectivity index (χ2n) is 6.38. The predicted molar refractivity (Wildman–Crippen MR) is 89.4 cm³/mol. The van der Waals surface area contributed by atoms with Crippen LogP contribution in [-0.4, -0.2) is 37.8 Å². The van der Waals surface area contributed by atoms with Gasteiger partial charge in [-0.15, -0.1) is 0 Å². The van der Waals surface area contributed by atoms with Gasteiger partial charge in [-0.2, -0.15) is 0 Å². The number of rotatable bonds is 2. The second-order valence-corrected chi connectivity index (χ2v) is 6.38. The molecular weight excluding hydrogens is 290 g/mol. The van der Waals surface area contributed by atoms with Crippen LogP contribution >= 0.6 is 0 Å². The van der Waals surface area contributed by atoms with E-state index in [4.69, 9.17) is 9.47 Å². The zero-order valence-corrected chi connectivity index (χ0v) is 13.7. The first-order valence-electron chi connectivity index (χ1n) is 7.93. The Bertz CT molecular complexity index is 785. The standard InChI is InChI=1S/C19H21NO3/c1-20-5-4-11-6-13(22-2)9-15-14-10-17(21)18(23-3)8-12(14)7-16(20)19(11)15/h6,8-10,16,21H,4-5,7H2,1-3H3. The number of phenols is 1. The van der Waals surface area contributed by atoms with Gasteiger partial charge in [0.2, 0.25) is 0 Å². The summed E-state index contributed by atoms with van der Waals surface area (Å²) in [6.45, 7) is 1.05. The van der Waals surface area contributed by atoms with Crippen molar-refractivity contribution < 1.29 is 14.6 Å². The summed E-state index contributed by atoms with van der Waals surface area (Å²) in [6.07, 6.45) is 1.97. The summed E-state index contributed by atoms with van der Waals surface area (Å²) in [5.74, 6) is 1.60. The molecule has 1 N–H and O–H groups in total. The molecule has 120 valence electrons. The lowest BCUT2D eigenvalue weighted by molar-refractivity contribution is 0.227. The van der Waals surface area contributed by atoms with Crippen molar-refractivity contribution in [1.29, 1.82) is 0 Å². The Morgan fingerprint density at radius 3 is 2.61 bits per heavy atom. The number of likely N-dealkylation sites (N-methyl/N-ethyl adjacent to an activating group) is 1. The molecule has 4 rings (SSSR count). The van der Waals surface area contributed by atoms with E-state index in [2.05, 4.69) is 24.1 Å². The Kier molecular flexibility index (Phi) is 3.23. The first-order chi connectivity index (χ1) is 11.1. The van der Waals surface area contributed by atoms with Crippen molar-refractivity contribution in [1.82, 2.24) is 4.90 Å². The Labute approximate surface area is 136 Å². The van der Waals surface area contributed by atoms with E-state index in [0.29, 0.717) is 11.8 Å². The maximum atomic E-state index is 10.2. The van der Waals surface area contributed by atoms with E-state index in [-0.39, 0.29) is 5.75 Å². The number of methoxy groups -OCH3 is 2. The topological polar surface area (TPSA) is 41.9 Å². The van der Waals surface area contributed by atoms with Crippen LogP contribution in [0.25, 0.3) is 11.1 Å². The molecule has 4 heteroatoms. The number of benzene rings is 2. The Balaban J connectivity index is 2.00. The van der Waals surface area contributed by atoms with Gasteiger partial charge >= 0.3 is 0 Å². The van der Waals surface area contributed by atoms with Crippen LogP contribution in [0.2, 0.25) is 0 Å². The van der Waals surface area contributed by atoms with Crippen molar-refractivity contribution in [2.75, 3.05) is 27.8 Å². The van der Waals surface area contributed by atoms with Gasteiger partial charge in [0.15, 0.2) is 11.5 Å². The Morgan fingerprint density at radius 1 is 1.04 bits per heavy atom. The highest BCUT2D eigenvalue weighted by Gasteiger charge is 2.33. The summed E-state index contributed by atoms with van der Waals surface area (Å²) >= 11 is 0. The highest BCUT2D eigenvalue weighted by molar-refractivity contribution is 5.79. The molecule has 0 saturated heterocycles. The Morgan fingerprint density at radius 2 is 1.87 bits per heavy atom. The monoisotopic (exact) mass is 311 g/mol. The third-order valence-electron chi connectivity index (χ3n) is 5.18. The zero-order valence-electron chi connectivity index (χ0n) is 13.7. The predicted octanol–water partition coefficient (Wildman–Crippen LogP) is 3.16. The van der Waals surface area contributed by atoms with E-state index in [1.54, 1.807) is 14.2 Å². The van der Waals surface area contributed by atoms with E-state index >= 15 is 0 Å². The lowest BCUT2D eigenvalue weighted by Gasteiger charge is -2.40. The van der Waals surface area contributed by atoms with Crippen molar-refractivity contribution in [2.45, 2.75) is 18.9 Å². The summed E-state index contributed by atoms with van der Waals surface area (Å²) in [6, 6.07) is 8.42. The molecule has 1 unspecified atom stereocenters. The molecule has 2 aromatic rings. The van der Waals surface area contributed by atoms with Gasteiger partial charge in [-0.25, -0.2) is 0 Å². The molecule has 1 heterocycles. The molecule has 0 radical (unpaired) electrons.